The van der Waals surface area contributed by atoms with Crippen LogP contribution in [0.3, 0.4) is 0 Å². The van der Waals surface area contributed by atoms with Crippen molar-refractivity contribution in [3.05, 3.63) is 23.3 Å². The maximum Gasteiger partial charge on any atom is 0.302 e. The Bertz CT molecular complexity index is 470. The second-order valence-electron chi connectivity index (χ2n) is 5.78. The molecule has 0 saturated heterocycles. The predicted octanol–water partition coefficient (Wildman–Crippen LogP) is 3.01. The zero-order chi connectivity index (χ0) is 17.2. The molecule has 0 aromatic rings. The number of allylic oxidation sites excluding steroid dienone is 2. The molecule has 0 aromatic heterocycles. The summed E-state index contributed by atoms with van der Waals surface area (Å²) in [5.74, 6) is 5.43. The Morgan fingerprint density at radius 1 is 1.27 bits per heavy atom. The number of ether oxygens (including phenoxy) is 2. The molecule has 1 unspecified atom stereocenters. The summed E-state index contributed by atoms with van der Waals surface area (Å²) < 4.78 is 10.2. The lowest BCUT2D eigenvalue weighted by atomic mass is 10.1. The Balaban J connectivity index is 4.46. The van der Waals surface area contributed by atoms with Crippen LogP contribution >= 0.6 is 0 Å². The third kappa shape index (κ3) is 11.1. The number of esters is 1. The van der Waals surface area contributed by atoms with Crippen molar-refractivity contribution in [1.29, 1.82) is 0 Å². The fraction of sp³-hybridized carbons (Fsp3) is 0.611. The van der Waals surface area contributed by atoms with Crippen molar-refractivity contribution in [2.75, 3.05) is 13.7 Å². The number of hydrogen-bond donors (Lipinski definition) is 1. The first-order valence-electron chi connectivity index (χ1n) is 7.39. The molecule has 1 atom stereocenters. The molecule has 4 heteroatoms. The highest BCUT2D eigenvalue weighted by Gasteiger charge is 2.09. The smallest absolute Gasteiger partial charge is 0.302 e. The largest absolute Gasteiger partial charge is 0.462 e. The van der Waals surface area contributed by atoms with Gasteiger partial charge in [-0.05, 0) is 52.2 Å². The second kappa shape index (κ2) is 10.2. The molecule has 0 aliphatic carbocycles. The van der Waals surface area contributed by atoms with Gasteiger partial charge < -0.3 is 14.6 Å². The van der Waals surface area contributed by atoms with Gasteiger partial charge in [-0.3, -0.25) is 4.79 Å². The SMILES string of the molecule is COC(C#CC(C)(C)O)/C(C)=C/CC/C(C)=C/COC(C)=O. The van der Waals surface area contributed by atoms with E-state index in [1.807, 2.05) is 19.9 Å². The zero-order valence-electron chi connectivity index (χ0n) is 14.5. The first kappa shape index (κ1) is 20.4. The van der Waals surface area contributed by atoms with Gasteiger partial charge in [0.25, 0.3) is 0 Å². The van der Waals surface area contributed by atoms with Crippen LogP contribution in [0.4, 0.5) is 0 Å². The zero-order valence-corrected chi connectivity index (χ0v) is 14.5. The van der Waals surface area contributed by atoms with Crippen molar-refractivity contribution in [1.82, 2.24) is 0 Å². The third-order valence-corrected chi connectivity index (χ3v) is 2.88. The summed E-state index contributed by atoms with van der Waals surface area (Å²) in [4.78, 5) is 10.7. The number of rotatable bonds is 7. The first-order valence-corrected chi connectivity index (χ1v) is 7.39. The molecule has 0 bridgehead atoms. The van der Waals surface area contributed by atoms with Crippen molar-refractivity contribution >= 4 is 5.97 Å². The van der Waals surface area contributed by atoms with E-state index < -0.39 is 5.60 Å². The minimum atomic E-state index is -1.02. The number of aliphatic hydroxyl groups is 1. The maximum absolute atomic E-state index is 10.7. The van der Waals surface area contributed by atoms with Gasteiger partial charge in [0.2, 0.25) is 0 Å². The average Bonchev–Trinajstić information content (AvgIpc) is 2.37. The number of hydrogen-bond acceptors (Lipinski definition) is 4. The van der Waals surface area contributed by atoms with E-state index >= 15 is 0 Å². The molecule has 0 spiro atoms. The van der Waals surface area contributed by atoms with Gasteiger partial charge in [0, 0.05) is 14.0 Å². The van der Waals surface area contributed by atoms with Crippen molar-refractivity contribution in [2.45, 2.75) is 59.2 Å². The molecule has 0 aliphatic rings. The Hall–Kier alpha value is -1.57. The molecule has 1 N–H and O–H groups in total. The highest BCUT2D eigenvalue weighted by molar-refractivity contribution is 5.66. The number of carbonyl (C=O) groups is 1. The molecule has 0 amide bonds. The van der Waals surface area contributed by atoms with E-state index in [9.17, 15) is 9.90 Å². The monoisotopic (exact) mass is 308 g/mol. The lowest BCUT2D eigenvalue weighted by Gasteiger charge is -2.12. The van der Waals surface area contributed by atoms with Gasteiger partial charge in [0.1, 0.15) is 18.3 Å². The van der Waals surface area contributed by atoms with Crippen LogP contribution in [0, 0.1) is 11.8 Å². The van der Waals surface area contributed by atoms with Crippen LogP contribution in [-0.4, -0.2) is 36.5 Å². The van der Waals surface area contributed by atoms with Crippen LogP contribution in [0.15, 0.2) is 23.3 Å². The Kier molecular flexibility index (Phi) is 9.48. The van der Waals surface area contributed by atoms with Crippen molar-refractivity contribution in [3.63, 3.8) is 0 Å². The Morgan fingerprint density at radius 3 is 2.41 bits per heavy atom. The van der Waals surface area contributed by atoms with E-state index in [0.29, 0.717) is 6.61 Å². The highest BCUT2D eigenvalue weighted by atomic mass is 16.5. The summed E-state index contributed by atoms with van der Waals surface area (Å²) in [5, 5.41) is 9.62. The summed E-state index contributed by atoms with van der Waals surface area (Å²) in [7, 11) is 1.60. The fourth-order valence-electron chi connectivity index (χ4n) is 1.64. The van der Waals surface area contributed by atoms with Crippen LogP contribution in [0.25, 0.3) is 0 Å². The molecule has 4 nitrogen and oxygen atoms in total. The predicted molar refractivity (Wildman–Crippen MR) is 88.3 cm³/mol. The molecular formula is C18H28O4. The topological polar surface area (TPSA) is 55.8 Å². The van der Waals surface area contributed by atoms with Gasteiger partial charge in [-0.15, -0.1) is 0 Å². The summed E-state index contributed by atoms with van der Waals surface area (Å²) in [6, 6.07) is 0. The molecule has 124 valence electrons. The van der Waals surface area contributed by atoms with Gasteiger partial charge in [0.05, 0.1) is 0 Å². The van der Waals surface area contributed by atoms with Gasteiger partial charge in [-0.25, -0.2) is 0 Å². The summed E-state index contributed by atoms with van der Waals surface area (Å²) in [6.07, 6.45) is 5.42. The van der Waals surface area contributed by atoms with Gasteiger partial charge in [-0.2, -0.15) is 0 Å². The van der Waals surface area contributed by atoms with Gasteiger partial charge in [-0.1, -0.05) is 23.5 Å². The molecule has 0 fully saturated rings. The molecule has 22 heavy (non-hydrogen) atoms. The van der Waals surface area contributed by atoms with E-state index in [1.54, 1.807) is 21.0 Å². The average molecular weight is 308 g/mol. The molecule has 0 radical (unpaired) electrons. The molecule has 0 aliphatic heterocycles. The number of methoxy groups -OCH3 is 1. The summed E-state index contributed by atoms with van der Waals surface area (Å²) >= 11 is 0. The fourth-order valence-corrected chi connectivity index (χ4v) is 1.64. The van der Waals surface area contributed by atoms with Crippen LogP contribution in [0.1, 0.15) is 47.5 Å². The molecule has 0 saturated carbocycles. The Labute approximate surface area is 134 Å². The van der Waals surface area contributed by atoms with E-state index in [2.05, 4.69) is 17.9 Å². The standard InChI is InChI=1S/C18H28O4/c1-14(11-13-22-16(3)19)8-7-9-15(2)17(21-6)10-12-18(4,5)20/h9,11,17,20H,7-8,13H2,1-6H3/b14-11+,15-9+. The van der Waals surface area contributed by atoms with Crippen molar-refractivity contribution in [3.8, 4) is 11.8 Å². The van der Waals surface area contributed by atoms with Crippen LogP contribution in [-0.2, 0) is 14.3 Å². The van der Waals surface area contributed by atoms with Crippen molar-refractivity contribution < 1.29 is 19.4 Å². The normalized spacial score (nSPS) is 14.1. The minimum absolute atomic E-state index is 0.270. The molecule has 0 aromatic carbocycles. The maximum atomic E-state index is 10.7. The quantitative estimate of drug-likeness (QED) is 0.446. The van der Waals surface area contributed by atoms with E-state index in [4.69, 9.17) is 9.47 Å². The molecule has 0 heterocycles. The highest BCUT2D eigenvalue weighted by Crippen LogP contribution is 2.11. The van der Waals surface area contributed by atoms with Crippen LogP contribution in [0.5, 0.6) is 0 Å². The van der Waals surface area contributed by atoms with Crippen LogP contribution in [0.2, 0.25) is 0 Å². The van der Waals surface area contributed by atoms with E-state index in [0.717, 1.165) is 18.4 Å². The lowest BCUT2D eigenvalue weighted by molar-refractivity contribution is -0.139. The molecular weight excluding hydrogens is 280 g/mol. The number of carbonyl (C=O) groups excluding carboxylic acids is 1. The van der Waals surface area contributed by atoms with Crippen LogP contribution < -0.4 is 0 Å². The van der Waals surface area contributed by atoms with Gasteiger partial charge in [0.15, 0.2) is 0 Å². The molecule has 0 rings (SSSR count). The lowest BCUT2D eigenvalue weighted by Crippen LogP contribution is -2.17. The summed E-state index contributed by atoms with van der Waals surface area (Å²) in [6.45, 7) is 8.97. The van der Waals surface area contributed by atoms with E-state index in [-0.39, 0.29) is 12.1 Å². The summed E-state index contributed by atoms with van der Waals surface area (Å²) in [5.41, 5.74) is 1.17. The van der Waals surface area contributed by atoms with Gasteiger partial charge >= 0.3 is 5.97 Å². The third-order valence-electron chi connectivity index (χ3n) is 2.88. The van der Waals surface area contributed by atoms with Crippen molar-refractivity contribution in [2.24, 2.45) is 0 Å². The van der Waals surface area contributed by atoms with E-state index in [1.165, 1.54) is 12.5 Å². The minimum Gasteiger partial charge on any atom is -0.462 e. The second-order valence-corrected chi connectivity index (χ2v) is 5.78. The first-order chi connectivity index (χ1) is 10.2. The Morgan fingerprint density at radius 2 is 1.91 bits per heavy atom.